The summed E-state index contributed by atoms with van der Waals surface area (Å²) in [6, 6.07) is 6.63. The highest BCUT2D eigenvalue weighted by molar-refractivity contribution is 8.00. The molecule has 3 heteroatoms. The van der Waals surface area contributed by atoms with E-state index in [4.69, 9.17) is 11.6 Å². The lowest BCUT2D eigenvalue weighted by atomic mass is 9.91. The Morgan fingerprint density at radius 2 is 2.07 bits per heavy atom. The van der Waals surface area contributed by atoms with E-state index in [1.807, 2.05) is 24.9 Å². The summed E-state index contributed by atoms with van der Waals surface area (Å²) in [5, 5.41) is 4.87. The van der Waals surface area contributed by atoms with E-state index in [2.05, 4.69) is 31.3 Å². The first kappa shape index (κ1) is 11.3. The summed E-state index contributed by atoms with van der Waals surface area (Å²) in [7, 11) is 2.02. The second-order valence-electron chi connectivity index (χ2n) is 4.13. The number of nitrogens with one attached hydrogen (secondary N) is 1. The third-order valence-electron chi connectivity index (χ3n) is 3.20. The van der Waals surface area contributed by atoms with Gasteiger partial charge in [-0.3, -0.25) is 0 Å². The summed E-state index contributed by atoms with van der Waals surface area (Å²) in [5.74, 6) is 0.631. The van der Waals surface area contributed by atoms with Gasteiger partial charge < -0.3 is 5.32 Å². The van der Waals surface area contributed by atoms with Crippen LogP contribution in [0.1, 0.15) is 25.5 Å². The lowest BCUT2D eigenvalue weighted by molar-refractivity contribution is 0.396. The molecule has 82 valence electrons. The molecule has 15 heavy (non-hydrogen) atoms. The summed E-state index contributed by atoms with van der Waals surface area (Å²) in [6.07, 6.45) is 0. The van der Waals surface area contributed by atoms with E-state index in [9.17, 15) is 0 Å². The largest absolute Gasteiger partial charge is 0.313 e. The molecular formula is C12H16ClNS. The van der Waals surface area contributed by atoms with E-state index in [0.29, 0.717) is 17.2 Å². The van der Waals surface area contributed by atoms with E-state index in [0.717, 1.165) is 5.02 Å². The van der Waals surface area contributed by atoms with Crippen molar-refractivity contribution in [3.05, 3.63) is 28.8 Å². The molecule has 1 aliphatic heterocycles. The van der Waals surface area contributed by atoms with Crippen molar-refractivity contribution in [1.29, 1.82) is 0 Å². The molecule has 1 nitrogen and oxygen atoms in total. The second-order valence-corrected chi connectivity index (χ2v) is 5.99. The Morgan fingerprint density at radius 1 is 1.33 bits per heavy atom. The van der Waals surface area contributed by atoms with Crippen molar-refractivity contribution in [2.75, 3.05) is 7.05 Å². The van der Waals surface area contributed by atoms with Crippen LogP contribution in [0.3, 0.4) is 0 Å². The molecule has 2 rings (SSSR count). The maximum absolute atomic E-state index is 6.05. The molecule has 0 saturated carbocycles. The van der Waals surface area contributed by atoms with Crippen LogP contribution in [-0.4, -0.2) is 12.3 Å². The van der Waals surface area contributed by atoms with E-state index >= 15 is 0 Å². The minimum Gasteiger partial charge on any atom is -0.313 e. The molecule has 1 heterocycles. The molecule has 0 saturated heterocycles. The zero-order valence-corrected chi connectivity index (χ0v) is 10.8. The van der Waals surface area contributed by atoms with E-state index in [1.54, 1.807) is 0 Å². The lowest BCUT2D eigenvalue weighted by Crippen LogP contribution is -2.32. The summed E-state index contributed by atoms with van der Waals surface area (Å²) < 4.78 is 0. The SMILES string of the molecule is CNC1c2cc(Cl)ccc2SC(C)C1C. The Hall–Kier alpha value is -0.180. The van der Waals surface area contributed by atoms with Crippen molar-refractivity contribution < 1.29 is 0 Å². The van der Waals surface area contributed by atoms with Gasteiger partial charge in [0.15, 0.2) is 0 Å². The van der Waals surface area contributed by atoms with Crippen molar-refractivity contribution in [2.24, 2.45) is 5.92 Å². The molecule has 0 fully saturated rings. The van der Waals surface area contributed by atoms with E-state index < -0.39 is 0 Å². The first-order chi connectivity index (χ1) is 7.13. The van der Waals surface area contributed by atoms with Gasteiger partial charge in [0.25, 0.3) is 0 Å². The van der Waals surface area contributed by atoms with Crippen LogP contribution in [0.2, 0.25) is 5.02 Å². The van der Waals surface area contributed by atoms with E-state index in [-0.39, 0.29) is 0 Å². The van der Waals surface area contributed by atoms with Crippen molar-refractivity contribution in [3.63, 3.8) is 0 Å². The average Bonchev–Trinajstić information content (AvgIpc) is 2.21. The zero-order valence-electron chi connectivity index (χ0n) is 9.25. The fourth-order valence-electron chi connectivity index (χ4n) is 2.15. The molecule has 1 aromatic rings. The zero-order chi connectivity index (χ0) is 11.0. The first-order valence-corrected chi connectivity index (χ1v) is 6.52. The standard InChI is InChI=1S/C12H16ClNS/c1-7-8(2)15-11-5-4-9(13)6-10(11)12(7)14-3/h4-8,12,14H,1-3H3. The van der Waals surface area contributed by atoms with Crippen LogP contribution in [0, 0.1) is 5.92 Å². The summed E-state index contributed by atoms with van der Waals surface area (Å²) in [5.41, 5.74) is 1.35. The molecule has 1 aromatic carbocycles. The minimum absolute atomic E-state index is 0.426. The highest BCUT2D eigenvalue weighted by Gasteiger charge is 2.30. The lowest BCUT2D eigenvalue weighted by Gasteiger charge is -2.35. The highest BCUT2D eigenvalue weighted by Crippen LogP contribution is 2.44. The van der Waals surface area contributed by atoms with Gasteiger partial charge >= 0.3 is 0 Å². The molecule has 1 N–H and O–H groups in total. The topological polar surface area (TPSA) is 12.0 Å². The van der Waals surface area contributed by atoms with Crippen LogP contribution in [0.5, 0.6) is 0 Å². The number of halogens is 1. The fraction of sp³-hybridized carbons (Fsp3) is 0.500. The van der Waals surface area contributed by atoms with Gasteiger partial charge in [0.2, 0.25) is 0 Å². The predicted octanol–water partition coefficient (Wildman–Crippen LogP) is 3.73. The summed E-state index contributed by atoms with van der Waals surface area (Å²) in [4.78, 5) is 1.37. The number of fused-ring (bicyclic) bond motifs is 1. The van der Waals surface area contributed by atoms with Gasteiger partial charge in [-0.25, -0.2) is 0 Å². The Balaban J connectivity index is 2.46. The van der Waals surface area contributed by atoms with Crippen molar-refractivity contribution in [1.82, 2.24) is 5.32 Å². The smallest absolute Gasteiger partial charge is 0.0410 e. The quantitative estimate of drug-likeness (QED) is 0.804. The third-order valence-corrected chi connectivity index (χ3v) is 4.86. The molecule has 0 aliphatic carbocycles. The van der Waals surface area contributed by atoms with Crippen LogP contribution in [0.25, 0.3) is 0 Å². The highest BCUT2D eigenvalue weighted by atomic mass is 35.5. The molecule has 0 aromatic heterocycles. The average molecular weight is 242 g/mol. The molecule has 3 atom stereocenters. The van der Waals surface area contributed by atoms with Crippen LogP contribution in [0.15, 0.2) is 23.1 Å². The van der Waals surface area contributed by atoms with Gasteiger partial charge in [-0.2, -0.15) is 0 Å². The number of rotatable bonds is 1. The summed E-state index contributed by atoms with van der Waals surface area (Å²) >= 11 is 8.00. The van der Waals surface area contributed by atoms with Crippen LogP contribution >= 0.6 is 23.4 Å². The Bertz CT molecular complexity index is 367. The molecule has 3 unspecified atom stereocenters. The maximum Gasteiger partial charge on any atom is 0.0410 e. The van der Waals surface area contributed by atoms with Gasteiger partial charge in [-0.1, -0.05) is 25.4 Å². The molecular weight excluding hydrogens is 226 g/mol. The minimum atomic E-state index is 0.426. The van der Waals surface area contributed by atoms with Crippen LogP contribution in [-0.2, 0) is 0 Å². The number of hydrogen-bond acceptors (Lipinski definition) is 2. The monoisotopic (exact) mass is 241 g/mol. The van der Waals surface area contributed by atoms with Crippen molar-refractivity contribution >= 4 is 23.4 Å². The Kier molecular flexibility index (Phi) is 3.29. The van der Waals surface area contributed by atoms with Gasteiger partial charge in [0.05, 0.1) is 0 Å². The fourth-order valence-corrected chi connectivity index (χ4v) is 3.57. The van der Waals surface area contributed by atoms with Gasteiger partial charge in [0, 0.05) is 21.2 Å². The molecule has 0 radical (unpaired) electrons. The van der Waals surface area contributed by atoms with Crippen molar-refractivity contribution in [3.8, 4) is 0 Å². The third kappa shape index (κ3) is 2.03. The normalized spacial score (nSPS) is 30.0. The van der Waals surface area contributed by atoms with E-state index in [1.165, 1.54) is 10.5 Å². The number of thioether (sulfide) groups is 1. The number of benzene rings is 1. The van der Waals surface area contributed by atoms with Crippen molar-refractivity contribution in [2.45, 2.75) is 30.0 Å². The van der Waals surface area contributed by atoms with Gasteiger partial charge in [-0.05, 0) is 36.7 Å². The van der Waals surface area contributed by atoms with Gasteiger partial charge in [0.1, 0.15) is 0 Å². The van der Waals surface area contributed by atoms with Crippen LogP contribution < -0.4 is 5.32 Å². The molecule has 1 aliphatic rings. The second kappa shape index (κ2) is 4.36. The van der Waals surface area contributed by atoms with Gasteiger partial charge in [-0.15, -0.1) is 11.8 Å². The first-order valence-electron chi connectivity index (χ1n) is 5.27. The Labute approximate surface area is 101 Å². The Morgan fingerprint density at radius 3 is 2.73 bits per heavy atom. The molecule has 0 amide bonds. The predicted molar refractivity (Wildman–Crippen MR) is 67.7 cm³/mol. The maximum atomic E-state index is 6.05. The molecule has 0 bridgehead atoms. The molecule has 0 spiro atoms. The number of hydrogen-bond donors (Lipinski definition) is 1. The van der Waals surface area contributed by atoms with Crippen LogP contribution in [0.4, 0.5) is 0 Å². The summed E-state index contributed by atoms with van der Waals surface area (Å²) in [6.45, 7) is 4.58.